The third-order valence-corrected chi connectivity index (χ3v) is 7.72. The van der Waals surface area contributed by atoms with Gasteiger partial charge in [0, 0.05) is 24.3 Å². The van der Waals surface area contributed by atoms with E-state index >= 15 is 0 Å². The molecule has 0 amide bonds. The van der Waals surface area contributed by atoms with E-state index in [1.54, 1.807) is 18.2 Å². The van der Waals surface area contributed by atoms with Crippen LogP contribution in [-0.4, -0.2) is 38.5 Å². The topological polar surface area (TPSA) is 102 Å². The quantitative estimate of drug-likeness (QED) is 0.170. The molecule has 1 heterocycles. The van der Waals surface area contributed by atoms with E-state index < -0.39 is 22.6 Å². The first kappa shape index (κ1) is 26.3. The van der Waals surface area contributed by atoms with Gasteiger partial charge in [-0.1, -0.05) is 26.7 Å². The van der Waals surface area contributed by atoms with Gasteiger partial charge in [-0.15, -0.1) is 22.5 Å². The molecule has 0 spiro atoms. The Morgan fingerprint density at radius 3 is 2.62 bits per heavy atom. The molecule has 2 aromatic carbocycles. The Morgan fingerprint density at radius 1 is 1.29 bits per heavy atom. The molecule has 34 heavy (non-hydrogen) atoms. The van der Waals surface area contributed by atoms with E-state index in [4.69, 9.17) is 9.84 Å². The van der Waals surface area contributed by atoms with Crippen LogP contribution in [0.1, 0.15) is 33.1 Å². The molecule has 1 atom stereocenters. The Kier molecular flexibility index (Phi) is 8.83. The van der Waals surface area contributed by atoms with Gasteiger partial charge in [-0.3, -0.25) is 9.11 Å². The highest BCUT2D eigenvalue weighted by Crippen LogP contribution is 2.55. The van der Waals surface area contributed by atoms with Crippen LogP contribution in [0.15, 0.2) is 58.3 Å². The van der Waals surface area contributed by atoms with Gasteiger partial charge in [-0.25, -0.2) is 13.9 Å². The largest absolute Gasteiger partial charge is 0.476 e. The summed E-state index contributed by atoms with van der Waals surface area (Å²) in [7, 11) is -3.50. The van der Waals surface area contributed by atoms with Crippen molar-refractivity contribution in [3.8, 4) is 5.75 Å². The normalized spacial score (nSPS) is 18.7. The molecule has 0 fully saturated rings. The lowest BCUT2D eigenvalue weighted by Gasteiger charge is -2.35. The maximum atomic E-state index is 13.6. The minimum absolute atomic E-state index is 0.0924. The third kappa shape index (κ3) is 6.22. The summed E-state index contributed by atoms with van der Waals surface area (Å²) in [6, 6.07) is 8.73. The van der Waals surface area contributed by atoms with Crippen molar-refractivity contribution in [3.05, 3.63) is 54.3 Å². The first-order valence-electron chi connectivity index (χ1n) is 10.8. The molecule has 0 saturated carbocycles. The van der Waals surface area contributed by atoms with E-state index in [2.05, 4.69) is 4.72 Å². The molecule has 0 aliphatic carbocycles. The Morgan fingerprint density at radius 2 is 2.00 bits per heavy atom. The molecule has 0 saturated heterocycles. The van der Waals surface area contributed by atoms with E-state index in [1.807, 2.05) is 18.7 Å². The molecule has 11 heteroatoms. The zero-order chi connectivity index (χ0) is 24.9. The summed E-state index contributed by atoms with van der Waals surface area (Å²) < 4.78 is 57.6. The van der Waals surface area contributed by atoms with Gasteiger partial charge in [-0.2, -0.15) is 4.39 Å². The predicted molar refractivity (Wildman–Crippen MR) is 131 cm³/mol. The number of anilines is 2. The third-order valence-electron chi connectivity index (χ3n) is 5.19. The standard InChI is InChI=1S/C23H28F2N2O5S2/c1-3-5-6-16-13-27(17-9-7-15(24)8-10-17)19-11-21(33-4-2)20(32-14-18(25)23(28)29)12-22(19)34(30,31)26-16/h7-12,14,16,26,30-31H,3-6,13H2,1-2H3,(H,28,29)/b18-14-. The Bertz CT molecular complexity index is 1050. The monoisotopic (exact) mass is 514 g/mol. The van der Waals surface area contributed by atoms with Crippen molar-refractivity contribution in [3.63, 3.8) is 0 Å². The van der Waals surface area contributed by atoms with Gasteiger partial charge in [0.25, 0.3) is 0 Å². The van der Waals surface area contributed by atoms with Crippen molar-refractivity contribution in [2.75, 3.05) is 17.2 Å². The number of carboxylic acid groups (broad SMARTS) is 1. The van der Waals surface area contributed by atoms with Gasteiger partial charge < -0.3 is 14.7 Å². The first-order valence-corrected chi connectivity index (χ1v) is 13.3. The highest BCUT2D eigenvalue weighted by Gasteiger charge is 2.33. The van der Waals surface area contributed by atoms with Gasteiger partial charge in [0.15, 0.2) is 0 Å². The lowest BCUT2D eigenvalue weighted by molar-refractivity contribution is -0.134. The lowest BCUT2D eigenvalue weighted by atomic mass is 10.1. The zero-order valence-electron chi connectivity index (χ0n) is 18.8. The van der Waals surface area contributed by atoms with Crippen LogP contribution in [0.2, 0.25) is 0 Å². The summed E-state index contributed by atoms with van der Waals surface area (Å²) >= 11 is 1.37. The van der Waals surface area contributed by atoms with Gasteiger partial charge in [-0.05, 0) is 42.5 Å². The zero-order valence-corrected chi connectivity index (χ0v) is 20.5. The van der Waals surface area contributed by atoms with Crippen LogP contribution < -0.4 is 14.4 Å². The number of nitrogens with one attached hydrogen (secondary N) is 1. The number of aliphatic carboxylic acids is 1. The van der Waals surface area contributed by atoms with Crippen LogP contribution >= 0.6 is 22.5 Å². The van der Waals surface area contributed by atoms with Crippen LogP contribution in [0.4, 0.5) is 20.2 Å². The summed E-state index contributed by atoms with van der Waals surface area (Å²) in [6.45, 7) is 4.35. The fourth-order valence-corrected chi connectivity index (χ4v) is 5.89. The molecule has 1 aliphatic heterocycles. The molecule has 3 rings (SSSR count). The number of ether oxygens (including phenoxy) is 1. The molecule has 4 N–H and O–H groups in total. The molecular formula is C23H28F2N2O5S2. The minimum atomic E-state index is -3.50. The number of nitrogens with zero attached hydrogens (tertiary/aromatic N) is 1. The average molecular weight is 515 g/mol. The van der Waals surface area contributed by atoms with Crippen molar-refractivity contribution in [2.45, 2.75) is 48.9 Å². The number of hydrogen-bond acceptors (Lipinski definition) is 7. The van der Waals surface area contributed by atoms with Crippen LogP contribution in [0.25, 0.3) is 0 Å². The van der Waals surface area contributed by atoms with Crippen molar-refractivity contribution < 1.29 is 32.5 Å². The maximum absolute atomic E-state index is 13.6. The smallest absolute Gasteiger partial charge is 0.368 e. The minimum Gasteiger partial charge on any atom is -0.476 e. The number of thioether (sulfide) groups is 1. The van der Waals surface area contributed by atoms with Crippen molar-refractivity contribution in [1.29, 1.82) is 0 Å². The second kappa shape index (κ2) is 11.4. The van der Waals surface area contributed by atoms with Gasteiger partial charge >= 0.3 is 5.97 Å². The van der Waals surface area contributed by atoms with E-state index in [9.17, 15) is 22.7 Å². The molecule has 2 aromatic rings. The molecule has 0 bridgehead atoms. The van der Waals surface area contributed by atoms with Gasteiger partial charge in [0.1, 0.15) is 22.7 Å². The number of hydrogen-bond donors (Lipinski definition) is 4. The number of benzene rings is 2. The van der Waals surface area contributed by atoms with E-state index in [-0.39, 0.29) is 22.5 Å². The highest BCUT2D eigenvalue weighted by atomic mass is 32.3. The number of carbonyl (C=O) groups is 1. The summed E-state index contributed by atoms with van der Waals surface area (Å²) in [4.78, 5) is 13.4. The molecule has 1 aliphatic rings. The van der Waals surface area contributed by atoms with Crippen LogP contribution in [0.5, 0.6) is 5.75 Å². The number of halogens is 2. The second-order valence-electron chi connectivity index (χ2n) is 7.68. The lowest BCUT2D eigenvalue weighted by Crippen LogP contribution is -2.37. The molecule has 0 aromatic heterocycles. The maximum Gasteiger partial charge on any atom is 0.368 e. The summed E-state index contributed by atoms with van der Waals surface area (Å²) in [5.41, 5.74) is 1.16. The molecule has 186 valence electrons. The van der Waals surface area contributed by atoms with E-state index in [1.165, 1.54) is 30.0 Å². The Labute approximate surface area is 203 Å². The van der Waals surface area contributed by atoms with Gasteiger partial charge in [0.05, 0.1) is 10.6 Å². The Hall–Kier alpha value is -2.31. The molecule has 1 unspecified atom stereocenters. The first-order chi connectivity index (χ1) is 16.2. The summed E-state index contributed by atoms with van der Waals surface area (Å²) in [5, 5.41) is 8.78. The predicted octanol–water partition coefficient (Wildman–Crippen LogP) is 6.54. The van der Waals surface area contributed by atoms with Crippen LogP contribution in [-0.2, 0) is 4.79 Å². The fourth-order valence-electron chi connectivity index (χ4n) is 3.61. The van der Waals surface area contributed by atoms with Crippen LogP contribution in [0, 0.1) is 5.82 Å². The van der Waals surface area contributed by atoms with E-state index in [0.717, 1.165) is 12.8 Å². The van der Waals surface area contributed by atoms with Gasteiger partial charge in [0.2, 0.25) is 5.83 Å². The number of unbranched alkanes of at least 4 members (excludes halogenated alkanes) is 1. The summed E-state index contributed by atoms with van der Waals surface area (Å²) in [5.74, 6) is -2.92. The highest BCUT2D eigenvalue weighted by molar-refractivity contribution is 8.22. The van der Waals surface area contributed by atoms with Crippen molar-refractivity contribution in [2.24, 2.45) is 0 Å². The number of carboxylic acids is 1. The average Bonchev–Trinajstić information content (AvgIpc) is 2.90. The number of fused-ring (bicyclic) bond motifs is 1. The molecule has 0 radical (unpaired) electrons. The molecule has 7 nitrogen and oxygen atoms in total. The van der Waals surface area contributed by atoms with E-state index in [0.29, 0.717) is 41.3 Å². The SMILES string of the molecule is CCCCC1CN(c2ccc(F)cc2)c2cc(SCC)c(O/C=C(\F)C(=O)O)cc2S(O)(O)N1. The van der Waals surface area contributed by atoms with Crippen LogP contribution in [0.3, 0.4) is 0 Å². The molecular weight excluding hydrogens is 486 g/mol. The van der Waals surface area contributed by atoms with Crippen molar-refractivity contribution >= 4 is 39.9 Å². The Balaban J connectivity index is 2.16. The number of rotatable bonds is 9. The fraction of sp³-hybridized carbons (Fsp3) is 0.348. The second-order valence-corrected chi connectivity index (χ2v) is 10.8. The van der Waals surface area contributed by atoms with Crippen molar-refractivity contribution in [1.82, 2.24) is 4.72 Å². The summed E-state index contributed by atoms with van der Waals surface area (Å²) in [6.07, 6.45) is 2.95.